The standard InChI is InChI=1S/C25H45N3O5/c1-2-3-4-5-6-7-8-9-10-11-12-13-14-15-18-32-23-22(30)20(19-26)33-24(23)28-17-16-21(29)27-25(28)31/h16-17,20,22-24,30H,2-15,18-19,26H2,1H3,(H,27,29,31). The molecule has 2 heterocycles. The fraction of sp³-hybridized carbons (Fsp3) is 0.840. The first-order valence-electron chi connectivity index (χ1n) is 13.0. The summed E-state index contributed by atoms with van der Waals surface area (Å²) in [6.45, 7) is 2.86. The molecule has 1 aromatic rings. The van der Waals surface area contributed by atoms with Gasteiger partial charge in [-0.2, -0.15) is 0 Å². The minimum atomic E-state index is -0.925. The summed E-state index contributed by atoms with van der Waals surface area (Å²) in [4.78, 5) is 25.7. The molecule has 1 aliphatic rings. The van der Waals surface area contributed by atoms with E-state index in [-0.39, 0.29) is 6.54 Å². The monoisotopic (exact) mass is 467 g/mol. The van der Waals surface area contributed by atoms with Gasteiger partial charge >= 0.3 is 5.69 Å². The molecule has 0 spiro atoms. The van der Waals surface area contributed by atoms with Crippen LogP contribution < -0.4 is 17.0 Å². The lowest BCUT2D eigenvalue weighted by atomic mass is 10.0. The van der Waals surface area contributed by atoms with Crippen molar-refractivity contribution < 1.29 is 14.6 Å². The molecule has 0 saturated carbocycles. The molecule has 1 fully saturated rings. The van der Waals surface area contributed by atoms with Crippen LogP contribution in [0.4, 0.5) is 0 Å². The summed E-state index contributed by atoms with van der Waals surface area (Å²) < 4.78 is 12.9. The Morgan fingerprint density at radius 3 is 2.03 bits per heavy atom. The highest BCUT2D eigenvalue weighted by molar-refractivity contribution is 4.94. The molecule has 33 heavy (non-hydrogen) atoms. The van der Waals surface area contributed by atoms with E-state index in [0.29, 0.717) is 6.61 Å². The molecular formula is C25H45N3O5. The summed E-state index contributed by atoms with van der Waals surface area (Å²) in [5, 5.41) is 10.5. The van der Waals surface area contributed by atoms with Gasteiger partial charge in [-0.25, -0.2) is 4.79 Å². The normalized spacial score (nSPS) is 22.8. The van der Waals surface area contributed by atoms with Crippen LogP contribution in [0.25, 0.3) is 0 Å². The van der Waals surface area contributed by atoms with Gasteiger partial charge in [0.2, 0.25) is 0 Å². The van der Waals surface area contributed by atoms with E-state index in [1.807, 2.05) is 0 Å². The van der Waals surface area contributed by atoms with E-state index in [4.69, 9.17) is 15.2 Å². The topological polar surface area (TPSA) is 120 Å². The number of hydrogen-bond acceptors (Lipinski definition) is 6. The Morgan fingerprint density at radius 1 is 0.970 bits per heavy atom. The zero-order valence-corrected chi connectivity index (χ0v) is 20.4. The zero-order chi connectivity index (χ0) is 23.9. The molecule has 190 valence electrons. The van der Waals surface area contributed by atoms with Crippen molar-refractivity contribution >= 4 is 0 Å². The molecular weight excluding hydrogens is 422 g/mol. The van der Waals surface area contributed by atoms with Gasteiger partial charge in [0.05, 0.1) is 0 Å². The summed E-state index contributed by atoms with van der Waals surface area (Å²) in [5.74, 6) is 0. The summed E-state index contributed by atoms with van der Waals surface area (Å²) >= 11 is 0. The number of hydrogen-bond donors (Lipinski definition) is 3. The molecule has 0 aromatic carbocycles. The lowest BCUT2D eigenvalue weighted by molar-refractivity contribution is -0.0707. The highest BCUT2D eigenvalue weighted by Crippen LogP contribution is 2.30. The third kappa shape index (κ3) is 9.73. The Hall–Kier alpha value is -1.48. The Balaban J connectivity index is 1.58. The quantitative estimate of drug-likeness (QED) is 0.284. The maximum atomic E-state index is 12.1. The molecule has 2 rings (SSSR count). The number of aliphatic hydroxyl groups excluding tert-OH is 1. The molecule has 8 heteroatoms. The third-order valence-corrected chi connectivity index (χ3v) is 6.48. The van der Waals surface area contributed by atoms with Gasteiger partial charge < -0.3 is 20.3 Å². The minimum Gasteiger partial charge on any atom is -0.387 e. The average molecular weight is 468 g/mol. The Morgan fingerprint density at radius 2 is 1.52 bits per heavy atom. The van der Waals surface area contributed by atoms with E-state index < -0.39 is 35.8 Å². The van der Waals surface area contributed by atoms with Crippen LogP contribution in [0.15, 0.2) is 21.9 Å². The van der Waals surface area contributed by atoms with Gasteiger partial charge in [0, 0.05) is 25.4 Å². The van der Waals surface area contributed by atoms with Crippen LogP contribution in [-0.4, -0.2) is 46.1 Å². The lowest BCUT2D eigenvalue weighted by Gasteiger charge is -2.22. The summed E-state index contributed by atoms with van der Waals surface area (Å²) in [6, 6.07) is 1.25. The molecule has 4 unspecified atom stereocenters. The van der Waals surface area contributed by atoms with E-state index >= 15 is 0 Å². The molecule has 0 amide bonds. The molecule has 4 atom stereocenters. The Labute approximate surface area is 197 Å². The number of unbranched alkanes of at least 4 members (excludes halogenated alkanes) is 13. The smallest absolute Gasteiger partial charge is 0.330 e. The van der Waals surface area contributed by atoms with Gasteiger partial charge in [-0.15, -0.1) is 0 Å². The third-order valence-electron chi connectivity index (χ3n) is 6.48. The van der Waals surface area contributed by atoms with E-state index in [0.717, 1.165) is 12.8 Å². The number of ether oxygens (including phenoxy) is 2. The molecule has 4 N–H and O–H groups in total. The van der Waals surface area contributed by atoms with Gasteiger partial charge in [0.15, 0.2) is 6.23 Å². The molecule has 1 aromatic heterocycles. The van der Waals surface area contributed by atoms with Crippen molar-refractivity contribution in [3.05, 3.63) is 33.1 Å². The van der Waals surface area contributed by atoms with E-state index in [2.05, 4.69) is 11.9 Å². The first-order chi connectivity index (χ1) is 16.1. The SMILES string of the molecule is CCCCCCCCCCCCCCCCOC1C(O)C(CN)OC1n1ccc(=O)[nH]c1=O. The largest absolute Gasteiger partial charge is 0.387 e. The van der Waals surface area contributed by atoms with Gasteiger partial charge in [-0.3, -0.25) is 14.3 Å². The summed E-state index contributed by atoms with van der Waals surface area (Å²) in [5.41, 5.74) is 4.61. The average Bonchev–Trinajstić information content (AvgIpc) is 3.11. The van der Waals surface area contributed by atoms with Crippen LogP contribution in [0.3, 0.4) is 0 Å². The van der Waals surface area contributed by atoms with Crippen molar-refractivity contribution in [2.75, 3.05) is 13.2 Å². The maximum Gasteiger partial charge on any atom is 0.330 e. The molecule has 1 aliphatic heterocycles. The van der Waals surface area contributed by atoms with Crippen LogP contribution in [0.5, 0.6) is 0 Å². The maximum absolute atomic E-state index is 12.1. The zero-order valence-electron chi connectivity index (χ0n) is 20.4. The Kier molecular flexibility index (Phi) is 13.6. The van der Waals surface area contributed by atoms with Gasteiger partial charge in [-0.1, -0.05) is 90.4 Å². The number of nitrogens with one attached hydrogen (secondary N) is 1. The van der Waals surface area contributed by atoms with E-state index in [1.54, 1.807) is 0 Å². The predicted octanol–water partition coefficient (Wildman–Crippen LogP) is 3.62. The van der Waals surface area contributed by atoms with Crippen molar-refractivity contribution in [3.63, 3.8) is 0 Å². The van der Waals surface area contributed by atoms with E-state index in [9.17, 15) is 14.7 Å². The number of H-pyrrole nitrogens is 1. The first-order valence-corrected chi connectivity index (χ1v) is 13.0. The fourth-order valence-corrected chi connectivity index (χ4v) is 4.46. The van der Waals surface area contributed by atoms with Gasteiger partial charge in [0.25, 0.3) is 5.56 Å². The van der Waals surface area contributed by atoms with Crippen LogP contribution in [0.2, 0.25) is 0 Å². The number of nitrogens with zero attached hydrogens (tertiary/aromatic N) is 1. The number of rotatable bonds is 18. The van der Waals surface area contributed by atoms with Crippen molar-refractivity contribution in [3.8, 4) is 0 Å². The van der Waals surface area contributed by atoms with Crippen molar-refractivity contribution in [1.82, 2.24) is 9.55 Å². The molecule has 0 radical (unpaired) electrons. The van der Waals surface area contributed by atoms with Crippen molar-refractivity contribution in [2.45, 2.75) is 121 Å². The number of nitrogens with two attached hydrogens (primary N) is 1. The second kappa shape index (κ2) is 16.2. The second-order valence-electron chi connectivity index (χ2n) is 9.24. The highest BCUT2D eigenvalue weighted by atomic mass is 16.6. The number of aromatic amines is 1. The van der Waals surface area contributed by atoms with Crippen LogP contribution in [0, 0.1) is 0 Å². The number of aliphatic hydroxyl groups is 1. The van der Waals surface area contributed by atoms with Crippen LogP contribution in [0.1, 0.15) is 103 Å². The van der Waals surface area contributed by atoms with Crippen molar-refractivity contribution in [1.29, 1.82) is 0 Å². The lowest BCUT2D eigenvalue weighted by Crippen LogP contribution is -2.40. The van der Waals surface area contributed by atoms with Crippen LogP contribution in [-0.2, 0) is 9.47 Å². The number of aromatic nitrogens is 2. The summed E-state index contributed by atoms with van der Waals surface area (Å²) in [6.07, 6.45) is 16.3. The van der Waals surface area contributed by atoms with Gasteiger partial charge in [0.1, 0.15) is 18.3 Å². The molecule has 8 nitrogen and oxygen atoms in total. The highest BCUT2D eigenvalue weighted by Gasteiger charge is 2.45. The molecule has 0 bridgehead atoms. The fourth-order valence-electron chi connectivity index (χ4n) is 4.46. The minimum absolute atomic E-state index is 0.120. The molecule has 0 aliphatic carbocycles. The molecule has 1 saturated heterocycles. The Bertz CT molecular complexity index is 750. The van der Waals surface area contributed by atoms with Crippen molar-refractivity contribution in [2.24, 2.45) is 5.73 Å². The second-order valence-corrected chi connectivity index (χ2v) is 9.24. The van der Waals surface area contributed by atoms with Gasteiger partial charge in [-0.05, 0) is 6.42 Å². The predicted molar refractivity (Wildman–Crippen MR) is 130 cm³/mol. The van der Waals surface area contributed by atoms with E-state index in [1.165, 1.54) is 93.9 Å². The van der Waals surface area contributed by atoms with Crippen LogP contribution >= 0.6 is 0 Å². The summed E-state index contributed by atoms with van der Waals surface area (Å²) in [7, 11) is 0. The first kappa shape index (κ1) is 27.8.